The van der Waals surface area contributed by atoms with E-state index in [2.05, 4.69) is 25.9 Å². The second-order valence-electron chi connectivity index (χ2n) is 5.80. The molecule has 1 aromatic heterocycles. The van der Waals surface area contributed by atoms with Crippen molar-refractivity contribution < 1.29 is 4.74 Å². The predicted molar refractivity (Wildman–Crippen MR) is 90.9 cm³/mol. The molecule has 1 aliphatic rings. The van der Waals surface area contributed by atoms with Crippen LogP contribution in [-0.4, -0.2) is 63.3 Å². The van der Waals surface area contributed by atoms with Crippen molar-refractivity contribution >= 4 is 17.2 Å². The van der Waals surface area contributed by atoms with E-state index in [4.69, 9.17) is 17.0 Å². The van der Waals surface area contributed by atoms with E-state index in [-0.39, 0.29) is 12.1 Å². The van der Waals surface area contributed by atoms with Gasteiger partial charge < -0.3 is 15.0 Å². The van der Waals surface area contributed by atoms with Gasteiger partial charge in [-0.2, -0.15) is 5.21 Å². The Morgan fingerprint density at radius 1 is 1.43 bits per heavy atom. The molecule has 2 atom stereocenters. The van der Waals surface area contributed by atoms with E-state index < -0.39 is 0 Å². The van der Waals surface area contributed by atoms with Gasteiger partial charge >= 0.3 is 0 Å². The molecule has 0 aliphatic carbocycles. The molecule has 0 radical (unpaired) electrons. The fourth-order valence-corrected chi connectivity index (χ4v) is 2.81. The number of tetrazole rings is 1. The zero-order chi connectivity index (χ0) is 16.2. The topological polar surface area (TPSA) is 79.0 Å². The second kappa shape index (κ2) is 7.12. The van der Waals surface area contributed by atoms with Gasteiger partial charge in [0.25, 0.3) is 0 Å². The van der Waals surface area contributed by atoms with Crippen molar-refractivity contribution in [3.63, 3.8) is 0 Å². The molecule has 7 nitrogen and oxygen atoms in total. The van der Waals surface area contributed by atoms with E-state index in [0.717, 1.165) is 29.1 Å². The Hall–Kier alpha value is -1.90. The van der Waals surface area contributed by atoms with Crippen LogP contribution in [0.3, 0.4) is 0 Å². The molecule has 0 bridgehead atoms. The average molecular weight is 332 g/mol. The fraction of sp³-hybridized carbons (Fsp3) is 0.467. The van der Waals surface area contributed by atoms with Crippen LogP contribution < -0.4 is 5.32 Å². The lowest BCUT2D eigenvalue weighted by molar-refractivity contribution is 0.0534. The number of ether oxygens (including phenoxy) is 1. The maximum Gasteiger partial charge on any atom is 0.204 e. The Morgan fingerprint density at radius 3 is 3.04 bits per heavy atom. The third kappa shape index (κ3) is 3.90. The molecule has 8 heteroatoms. The molecule has 1 aromatic carbocycles. The molecule has 0 spiro atoms. The molecule has 2 aromatic rings. The molecule has 122 valence electrons. The van der Waals surface area contributed by atoms with E-state index in [1.807, 2.05) is 43.3 Å². The van der Waals surface area contributed by atoms with E-state index in [1.54, 1.807) is 0 Å². The third-order valence-corrected chi connectivity index (χ3v) is 4.50. The maximum absolute atomic E-state index is 6.02. The number of aromatic nitrogens is 4. The van der Waals surface area contributed by atoms with Gasteiger partial charge in [0, 0.05) is 26.2 Å². The van der Waals surface area contributed by atoms with Crippen molar-refractivity contribution in [2.75, 3.05) is 20.6 Å². The van der Waals surface area contributed by atoms with Gasteiger partial charge in [-0.05, 0) is 23.3 Å². The Morgan fingerprint density at radius 2 is 2.30 bits per heavy atom. The third-order valence-electron chi connectivity index (χ3n) is 3.85. The molecule has 23 heavy (non-hydrogen) atoms. The number of aromatic amines is 1. The quantitative estimate of drug-likeness (QED) is 0.791. The summed E-state index contributed by atoms with van der Waals surface area (Å²) >= 11 is 5.42. The average Bonchev–Trinajstić information content (AvgIpc) is 3.24. The van der Waals surface area contributed by atoms with Gasteiger partial charge in [-0.25, -0.2) is 0 Å². The summed E-state index contributed by atoms with van der Waals surface area (Å²) in [6, 6.07) is 8.21. The number of likely N-dealkylation sites (N-methyl/N-ethyl adjacent to an activating group) is 1. The van der Waals surface area contributed by atoms with Crippen LogP contribution in [-0.2, 0) is 11.3 Å². The highest BCUT2D eigenvalue weighted by Gasteiger charge is 2.28. The molecule has 0 saturated carbocycles. The lowest BCUT2D eigenvalue weighted by atomic mass is 10.1. The van der Waals surface area contributed by atoms with E-state index in [0.29, 0.717) is 12.4 Å². The highest BCUT2D eigenvalue weighted by Crippen LogP contribution is 2.18. The van der Waals surface area contributed by atoms with Gasteiger partial charge in [-0.1, -0.05) is 30.4 Å². The largest absolute Gasteiger partial charge is 0.372 e. The standard InChI is InChI=1S/C15H20N6OS/c1-21(2)15(23)13-7-12(8-16-13)22-9-10-4-3-5-11(6-10)14-17-19-20-18-14/h3-6,12-13,16H,7-9H2,1-2H3,(H,17,18,19,20)/t12-,13+/m1/s1. The first-order valence-electron chi connectivity index (χ1n) is 7.52. The Labute approximate surface area is 140 Å². The van der Waals surface area contributed by atoms with Crippen molar-refractivity contribution in [3.8, 4) is 11.4 Å². The predicted octanol–water partition coefficient (Wildman–Crippen LogP) is 1.00. The molecular formula is C15H20N6OS. The number of H-pyrrole nitrogens is 1. The van der Waals surface area contributed by atoms with Crippen molar-refractivity contribution in [2.45, 2.75) is 25.2 Å². The van der Waals surface area contributed by atoms with Crippen LogP contribution in [0.25, 0.3) is 11.4 Å². The normalized spacial score (nSPS) is 20.6. The molecule has 0 unspecified atom stereocenters. The summed E-state index contributed by atoms with van der Waals surface area (Å²) in [4.78, 5) is 2.90. The van der Waals surface area contributed by atoms with Gasteiger partial charge in [-0.15, -0.1) is 10.2 Å². The SMILES string of the molecule is CN(C)C(=S)[C@@H]1C[C@@H](OCc2cccc(-c3nn[nH]n3)c2)CN1. The van der Waals surface area contributed by atoms with Crippen LogP contribution in [0.4, 0.5) is 0 Å². The smallest absolute Gasteiger partial charge is 0.204 e. The number of nitrogens with zero attached hydrogens (tertiary/aromatic N) is 4. The monoisotopic (exact) mass is 332 g/mol. The van der Waals surface area contributed by atoms with Crippen molar-refractivity contribution in [1.82, 2.24) is 30.8 Å². The second-order valence-corrected chi connectivity index (χ2v) is 6.22. The summed E-state index contributed by atoms with van der Waals surface area (Å²) in [5.41, 5.74) is 2.02. The minimum Gasteiger partial charge on any atom is -0.372 e. The van der Waals surface area contributed by atoms with Crippen LogP contribution in [0.1, 0.15) is 12.0 Å². The minimum atomic E-state index is 0.173. The summed E-state index contributed by atoms with van der Waals surface area (Å²) in [7, 11) is 3.95. The lowest BCUT2D eigenvalue weighted by Gasteiger charge is -2.19. The van der Waals surface area contributed by atoms with Gasteiger partial charge in [-0.3, -0.25) is 0 Å². The van der Waals surface area contributed by atoms with Crippen molar-refractivity contribution in [1.29, 1.82) is 0 Å². The van der Waals surface area contributed by atoms with Crippen LogP contribution in [0.5, 0.6) is 0 Å². The number of thiocarbonyl (C=S) groups is 1. The summed E-state index contributed by atoms with van der Waals surface area (Å²) in [5, 5.41) is 17.5. The number of rotatable bonds is 5. The Kier molecular flexibility index (Phi) is 4.94. The Balaban J connectivity index is 1.55. The highest BCUT2D eigenvalue weighted by atomic mass is 32.1. The van der Waals surface area contributed by atoms with Gasteiger partial charge in [0.15, 0.2) is 0 Å². The number of hydrogen-bond donors (Lipinski definition) is 2. The first-order chi connectivity index (χ1) is 11.1. The van der Waals surface area contributed by atoms with E-state index in [1.165, 1.54) is 0 Å². The summed E-state index contributed by atoms with van der Waals surface area (Å²) < 4.78 is 6.02. The highest BCUT2D eigenvalue weighted by molar-refractivity contribution is 7.80. The van der Waals surface area contributed by atoms with Crippen molar-refractivity contribution in [3.05, 3.63) is 29.8 Å². The Bertz CT molecular complexity index is 660. The summed E-state index contributed by atoms with van der Waals surface area (Å²) in [6.07, 6.45) is 1.08. The minimum absolute atomic E-state index is 0.173. The number of nitrogens with one attached hydrogen (secondary N) is 2. The number of benzene rings is 1. The molecule has 1 fully saturated rings. The van der Waals surface area contributed by atoms with Crippen molar-refractivity contribution in [2.24, 2.45) is 0 Å². The first kappa shape index (κ1) is 16.0. The lowest BCUT2D eigenvalue weighted by Crippen LogP contribution is -2.38. The molecule has 2 heterocycles. The van der Waals surface area contributed by atoms with Crippen LogP contribution in [0, 0.1) is 0 Å². The molecular weight excluding hydrogens is 312 g/mol. The van der Waals surface area contributed by atoms with E-state index >= 15 is 0 Å². The van der Waals surface area contributed by atoms with Gasteiger partial charge in [0.05, 0.1) is 23.7 Å². The number of hydrogen-bond acceptors (Lipinski definition) is 6. The zero-order valence-corrected chi connectivity index (χ0v) is 14.0. The molecule has 2 N–H and O–H groups in total. The van der Waals surface area contributed by atoms with Gasteiger partial charge in [0.1, 0.15) is 0 Å². The van der Waals surface area contributed by atoms with Crippen LogP contribution in [0.2, 0.25) is 0 Å². The van der Waals surface area contributed by atoms with Gasteiger partial charge in [0.2, 0.25) is 5.82 Å². The molecule has 1 aliphatic heterocycles. The summed E-state index contributed by atoms with van der Waals surface area (Å²) in [6.45, 7) is 1.38. The molecule has 3 rings (SSSR count). The summed E-state index contributed by atoms with van der Waals surface area (Å²) in [5.74, 6) is 0.589. The van der Waals surface area contributed by atoms with E-state index in [9.17, 15) is 0 Å². The molecule has 0 amide bonds. The van der Waals surface area contributed by atoms with Crippen LogP contribution in [0.15, 0.2) is 24.3 Å². The zero-order valence-electron chi connectivity index (χ0n) is 13.2. The van der Waals surface area contributed by atoms with Crippen LogP contribution >= 0.6 is 12.2 Å². The molecule has 1 saturated heterocycles. The first-order valence-corrected chi connectivity index (χ1v) is 7.93. The fourth-order valence-electron chi connectivity index (χ4n) is 2.63. The maximum atomic E-state index is 6.02.